The van der Waals surface area contributed by atoms with E-state index in [2.05, 4.69) is 10.3 Å². The molecule has 0 N–H and O–H groups in total. The minimum atomic E-state index is -4.28. The van der Waals surface area contributed by atoms with Crippen LogP contribution in [0.2, 0.25) is 0 Å². The number of rotatable bonds is 2. The van der Waals surface area contributed by atoms with E-state index in [1.54, 1.807) is 6.92 Å². The van der Waals surface area contributed by atoms with Crippen molar-refractivity contribution in [1.29, 1.82) is 0 Å². The zero-order chi connectivity index (χ0) is 12.3. The predicted molar refractivity (Wildman–Crippen MR) is 56.4 cm³/mol. The summed E-state index contributed by atoms with van der Waals surface area (Å²) in [5.41, 5.74) is -0.389. The van der Waals surface area contributed by atoms with E-state index in [1.807, 2.05) is 20.8 Å². The molecule has 0 heterocycles. The molecule has 0 aliphatic carbocycles. The molecule has 0 fully saturated rings. The fraction of sp³-hybridized carbons (Fsp3) is 0.900. The van der Waals surface area contributed by atoms with Crippen molar-refractivity contribution < 1.29 is 32.6 Å². The minimum absolute atomic E-state index is 0. The number of halogens is 3. The first-order chi connectivity index (χ1) is 6.56. The Hall–Kier alpha value is -0.117. The van der Waals surface area contributed by atoms with Gasteiger partial charge in [0, 0.05) is 19.5 Å². The summed E-state index contributed by atoms with van der Waals surface area (Å²) in [5, 5.41) is 3.58. The SMILES string of the molecule is CCC(=NC(C)(C)C)[N-]C(C)C(F)(F)F.[Zn]. The summed E-state index contributed by atoms with van der Waals surface area (Å²) in [6.07, 6.45) is -3.87. The number of hydrogen-bond donors (Lipinski definition) is 0. The van der Waals surface area contributed by atoms with Gasteiger partial charge in [0.05, 0.1) is 6.04 Å². The van der Waals surface area contributed by atoms with Crippen molar-refractivity contribution in [1.82, 2.24) is 0 Å². The van der Waals surface area contributed by atoms with Crippen LogP contribution in [0, 0.1) is 0 Å². The van der Waals surface area contributed by atoms with Crippen molar-refractivity contribution in [2.45, 2.75) is 58.8 Å². The van der Waals surface area contributed by atoms with E-state index in [-0.39, 0.29) is 30.9 Å². The predicted octanol–water partition coefficient (Wildman–Crippen LogP) is 3.92. The number of alkyl halides is 3. The molecule has 0 rings (SSSR count). The number of hydrogen-bond acceptors (Lipinski definition) is 1. The molecule has 0 bridgehead atoms. The van der Waals surface area contributed by atoms with E-state index in [0.717, 1.165) is 6.92 Å². The van der Waals surface area contributed by atoms with Gasteiger partial charge in [0.2, 0.25) is 0 Å². The molecule has 6 heteroatoms. The molecule has 2 nitrogen and oxygen atoms in total. The fourth-order valence-electron chi connectivity index (χ4n) is 0.883. The molecule has 0 saturated heterocycles. The van der Waals surface area contributed by atoms with E-state index >= 15 is 0 Å². The topological polar surface area (TPSA) is 26.5 Å². The van der Waals surface area contributed by atoms with Crippen LogP contribution in [-0.2, 0) is 19.5 Å². The van der Waals surface area contributed by atoms with Gasteiger partial charge in [-0.05, 0) is 12.0 Å². The van der Waals surface area contributed by atoms with Crippen LogP contribution in [0.15, 0.2) is 4.99 Å². The van der Waals surface area contributed by atoms with E-state index in [1.165, 1.54) is 0 Å². The van der Waals surface area contributed by atoms with Crippen LogP contribution < -0.4 is 0 Å². The van der Waals surface area contributed by atoms with E-state index < -0.39 is 12.2 Å². The number of nitrogens with zero attached hydrogens (tertiary/aromatic N) is 2. The maximum Gasteiger partial charge on any atom is 0.390 e. The van der Waals surface area contributed by atoms with Crippen molar-refractivity contribution in [3.05, 3.63) is 5.32 Å². The molecular weight excluding hydrogens is 271 g/mol. The quantitative estimate of drug-likeness (QED) is 0.418. The van der Waals surface area contributed by atoms with Gasteiger partial charge in [-0.1, -0.05) is 40.5 Å². The maximum atomic E-state index is 12.2. The normalized spacial score (nSPS) is 15.4. The Morgan fingerprint density at radius 2 is 1.69 bits per heavy atom. The van der Waals surface area contributed by atoms with E-state index in [0.29, 0.717) is 6.42 Å². The molecule has 0 aliphatic heterocycles. The summed E-state index contributed by atoms with van der Waals surface area (Å²) < 4.78 is 36.7. The molecule has 1 unspecified atom stereocenters. The van der Waals surface area contributed by atoms with Gasteiger partial charge >= 0.3 is 6.18 Å². The second-order valence-corrected chi connectivity index (χ2v) is 4.40. The largest absolute Gasteiger partial charge is 0.463 e. The van der Waals surface area contributed by atoms with Crippen molar-refractivity contribution in [2.75, 3.05) is 0 Å². The summed E-state index contributed by atoms with van der Waals surface area (Å²) in [4.78, 5) is 4.13. The Morgan fingerprint density at radius 1 is 1.25 bits per heavy atom. The van der Waals surface area contributed by atoms with Crippen molar-refractivity contribution in [3.8, 4) is 0 Å². The third-order valence-corrected chi connectivity index (χ3v) is 1.60. The number of aliphatic imine (C=N–C) groups is 1. The Labute approximate surface area is 108 Å². The molecule has 0 spiro atoms. The summed E-state index contributed by atoms with van der Waals surface area (Å²) in [6, 6.07) is -1.68. The summed E-state index contributed by atoms with van der Waals surface area (Å²) >= 11 is 0. The Morgan fingerprint density at radius 3 is 1.94 bits per heavy atom. The van der Waals surface area contributed by atoms with Gasteiger partial charge in [-0.2, -0.15) is 13.2 Å². The second kappa shape index (κ2) is 6.58. The average molecular weight is 289 g/mol. The van der Waals surface area contributed by atoms with Gasteiger partial charge in [0.1, 0.15) is 0 Å². The minimum Gasteiger partial charge on any atom is -0.463 e. The van der Waals surface area contributed by atoms with Crippen LogP contribution in [0.3, 0.4) is 0 Å². The first-order valence-electron chi connectivity index (χ1n) is 4.92. The molecule has 1 atom stereocenters. The number of amidine groups is 1. The Balaban J connectivity index is 0. The van der Waals surface area contributed by atoms with Gasteiger partial charge in [0.15, 0.2) is 0 Å². The molecule has 0 aromatic heterocycles. The molecule has 16 heavy (non-hydrogen) atoms. The molecule has 0 aromatic carbocycles. The molecule has 0 aliphatic rings. The smallest absolute Gasteiger partial charge is 0.390 e. The molecule has 0 aromatic rings. The van der Waals surface area contributed by atoms with E-state index in [9.17, 15) is 13.2 Å². The Kier molecular flexibility index (Phi) is 7.50. The molecule has 92 valence electrons. The van der Waals surface area contributed by atoms with Crippen molar-refractivity contribution in [2.24, 2.45) is 4.99 Å². The molecule has 0 amide bonds. The van der Waals surface area contributed by atoms with Gasteiger partial charge < -0.3 is 10.3 Å². The third-order valence-electron chi connectivity index (χ3n) is 1.60. The summed E-state index contributed by atoms with van der Waals surface area (Å²) in [7, 11) is 0. The van der Waals surface area contributed by atoms with Crippen LogP contribution in [0.1, 0.15) is 41.0 Å². The van der Waals surface area contributed by atoms with Crippen LogP contribution >= 0.6 is 0 Å². The second-order valence-electron chi connectivity index (χ2n) is 4.40. The summed E-state index contributed by atoms with van der Waals surface area (Å²) in [6.45, 7) is 8.27. The van der Waals surface area contributed by atoms with Crippen molar-refractivity contribution >= 4 is 5.84 Å². The average Bonchev–Trinajstić information content (AvgIpc) is 1.98. The molecular formula is C10H18F3N2Zn-. The monoisotopic (exact) mass is 287 g/mol. The first kappa shape index (κ1) is 18.3. The first-order valence-corrected chi connectivity index (χ1v) is 4.92. The van der Waals surface area contributed by atoms with Gasteiger partial charge in [-0.25, -0.2) is 0 Å². The standard InChI is InChI=1S/C10H18F3N2.Zn/c1-6-8(15-9(3,4)5)14-7(2)10(11,12)13;/h7H,6H2,1-5H3;/q-1;. The van der Waals surface area contributed by atoms with Crippen LogP contribution in [0.4, 0.5) is 13.2 Å². The van der Waals surface area contributed by atoms with E-state index in [4.69, 9.17) is 0 Å². The van der Waals surface area contributed by atoms with Crippen molar-refractivity contribution in [3.63, 3.8) is 0 Å². The van der Waals surface area contributed by atoms with Crippen LogP contribution in [-0.4, -0.2) is 23.6 Å². The zero-order valence-electron chi connectivity index (χ0n) is 10.5. The van der Waals surface area contributed by atoms with Gasteiger partial charge in [-0.3, -0.25) is 0 Å². The molecule has 0 saturated carbocycles. The van der Waals surface area contributed by atoms with Crippen LogP contribution in [0.25, 0.3) is 5.32 Å². The fourth-order valence-corrected chi connectivity index (χ4v) is 0.883. The Bertz CT molecular complexity index is 231. The van der Waals surface area contributed by atoms with Gasteiger partial charge in [0.25, 0.3) is 0 Å². The maximum absolute atomic E-state index is 12.2. The summed E-state index contributed by atoms with van der Waals surface area (Å²) in [5.74, 6) is 0.271. The van der Waals surface area contributed by atoms with Gasteiger partial charge in [-0.15, -0.1) is 0 Å². The third kappa shape index (κ3) is 8.08. The van der Waals surface area contributed by atoms with Crippen LogP contribution in [0.5, 0.6) is 0 Å². The molecule has 0 radical (unpaired) electrons. The zero-order valence-corrected chi connectivity index (χ0v) is 13.5.